The molecule has 0 radical (unpaired) electrons. The summed E-state index contributed by atoms with van der Waals surface area (Å²) in [5.74, 6) is 0.392. The highest BCUT2D eigenvalue weighted by atomic mass is 16.6. The highest BCUT2D eigenvalue weighted by Gasteiger charge is 1.98. The highest BCUT2D eigenvalue weighted by molar-refractivity contribution is 5.97. The minimum absolute atomic E-state index is 0.392. The smallest absolute Gasteiger partial charge is 0.170 e. The van der Waals surface area contributed by atoms with E-state index in [9.17, 15) is 0 Å². The van der Waals surface area contributed by atoms with Crippen molar-refractivity contribution in [2.75, 3.05) is 14.2 Å². The van der Waals surface area contributed by atoms with Crippen molar-refractivity contribution in [3.8, 4) is 0 Å². The first-order chi connectivity index (χ1) is 6.77. The summed E-state index contributed by atoms with van der Waals surface area (Å²) >= 11 is 0. The van der Waals surface area contributed by atoms with E-state index in [2.05, 4.69) is 15.3 Å². The molecule has 0 saturated carbocycles. The SMILES string of the molecule is CNCc1ccc(/C(N)=N/OC)cc1. The molecular formula is C10H15N3O. The molecule has 0 unspecified atom stereocenters. The molecule has 0 bridgehead atoms. The second-order valence-electron chi connectivity index (χ2n) is 2.89. The number of oxime groups is 1. The molecule has 1 rings (SSSR count). The quantitative estimate of drug-likeness (QED) is 0.420. The Kier molecular flexibility index (Phi) is 3.94. The van der Waals surface area contributed by atoms with Gasteiger partial charge in [0.25, 0.3) is 0 Å². The van der Waals surface area contributed by atoms with Gasteiger partial charge in [-0.25, -0.2) is 0 Å². The van der Waals surface area contributed by atoms with E-state index in [1.807, 2.05) is 31.3 Å². The lowest BCUT2D eigenvalue weighted by molar-refractivity contribution is 0.213. The summed E-state index contributed by atoms with van der Waals surface area (Å²) < 4.78 is 0. The Labute approximate surface area is 83.7 Å². The lowest BCUT2D eigenvalue weighted by Gasteiger charge is -2.02. The van der Waals surface area contributed by atoms with E-state index in [1.54, 1.807) is 0 Å². The second-order valence-corrected chi connectivity index (χ2v) is 2.89. The summed E-state index contributed by atoms with van der Waals surface area (Å²) in [6.07, 6.45) is 0. The summed E-state index contributed by atoms with van der Waals surface area (Å²) in [7, 11) is 3.39. The van der Waals surface area contributed by atoms with Gasteiger partial charge in [-0.15, -0.1) is 0 Å². The van der Waals surface area contributed by atoms with Gasteiger partial charge in [0.15, 0.2) is 5.84 Å². The van der Waals surface area contributed by atoms with Crippen LogP contribution in [0.2, 0.25) is 0 Å². The van der Waals surface area contributed by atoms with Crippen LogP contribution in [0.4, 0.5) is 0 Å². The Morgan fingerprint density at radius 2 is 2.07 bits per heavy atom. The molecule has 76 valence electrons. The van der Waals surface area contributed by atoms with Crippen LogP contribution in [0.15, 0.2) is 29.4 Å². The number of hydrogen-bond donors (Lipinski definition) is 2. The van der Waals surface area contributed by atoms with E-state index in [1.165, 1.54) is 12.7 Å². The number of benzene rings is 1. The van der Waals surface area contributed by atoms with Crippen molar-refractivity contribution >= 4 is 5.84 Å². The van der Waals surface area contributed by atoms with Gasteiger partial charge in [0.05, 0.1) is 0 Å². The lowest BCUT2D eigenvalue weighted by atomic mass is 10.1. The monoisotopic (exact) mass is 193 g/mol. The van der Waals surface area contributed by atoms with Crippen molar-refractivity contribution in [1.29, 1.82) is 0 Å². The Bertz CT molecular complexity index is 306. The van der Waals surface area contributed by atoms with E-state index >= 15 is 0 Å². The van der Waals surface area contributed by atoms with Crippen molar-refractivity contribution in [2.45, 2.75) is 6.54 Å². The molecule has 1 aromatic rings. The van der Waals surface area contributed by atoms with Gasteiger partial charge in [-0.05, 0) is 12.6 Å². The van der Waals surface area contributed by atoms with Crippen LogP contribution in [0.5, 0.6) is 0 Å². The third kappa shape index (κ3) is 2.74. The fourth-order valence-electron chi connectivity index (χ4n) is 1.15. The van der Waals surface area contributed by atoms with Crippen molar-refractivity contribution in [2.24, 2.45) is 10.9 Å². The lowest BCUT2D eigenvalue weighted by Crippen LogP contribution is -2.13. The fraction of sp³-hybridized carbons (Fsp3) is 0.300. The van der Waals surface area contributed by atoms with Crippen LogP contribution in [0.1, 0.15) is 11.1 Å². The summed E-state index contributed by atoms with van der Waals surface area (Å²) in [5, 5.41) is 6.72. The predicted octanol–water partition coefficient (Wildman–Crippen LogP) is 0.673. The Morgan fingerprint density at radius 3 is 2.57 bits per heavy atom. The number of nitrogens with one attached hydrogen (secondary N) is 1. The van der Waals surface area contributed by atoms with Gasteiger partial charge >= 0.3 is 0 Å². The zero-order valence-corrected chi connectivity index (χ0v) is 8.45. The first-order valence-electron chi connectivity index (χ1n) is 4.38. The van der Waals surface area contributed by atoms with Crippen LogP contribution < -0.4 is 11.1 Å². The van der Waals surface area contributed by atoms with Gasteiger partial charge in [-0.1, -0.05) is 29.4 Å². The first-order valence-corrected chi connectivity index (χ1v) is 4.38. The summed E-state index contributed by atoms with van der Waals surface area (Å²) in [6.45, 7) is 0.849. The zero-order valence-electron chi connectivity index (χ0n) is 8.45. The number of rotatable bonds is 4. The molecule has 0 fully saturated rings. The molecule has 0 atom stereocenters. The van der Waals surface area contributed by atoms with Crippen molar-refractivity contribution < 1.29 is 4.84 Å². The molecule has 0 aliphatic heterocycles. The molecule has 0 aliphatic rings. The highest BCUT2D eigenvalue weighted by Crippen LogP contribution is 2.03. The van der Waals surface area contributed by atoms with Gasteiger partial charge in [0, 0.05) is 12.1 Å². The predicted molar refractivity (Wildman–Crippen MR) is 56.9 cm³/mol. The summed E-state index contributed by atoms with van der Waals surface area (Å²) in [6, 6.07) is 7.85. The molecule has 4 heteroatoms. The third-order valence-electron chi connectivity index (χ3n) is 1.82. The Balaban J connectivity index is 2.77. The minimum Gasteiger partial charge on any atom is -0.397 e. The van der Waals surface area contributed by atoms with Crippen molar-refractivity contribution in [3.05, 3.63) is 35.4 Å². The normalized spacial score (nSPS) is 11.4. The molecule has 1 aromatic carbocycles. The average Bonchev–Trinajstić information content (AvgIpc) is 2.20. The van der Waals surface area contributed by atoms with Crippen LogP contribution in [-0.2, 0) is 11.4 Å². The number of nitrogens with two attached hydrogens (primary N) is 1. The third-order valence-corrected chi connectivity index (χ3v) is 1.82. The summed E-state index contributed by atoms with van der Waals surface area (Å²) in [4.78, 5) is 4.59. The average molecular weight is 193 g/mol. The Hall–Kier alpha value is -1.55. The molecule has 3 N–H and O–H groups in total. The van der Waals surface area contributed by atoms with Gasteiger partial charge in [0.1, 0.15) is 7.11 Å². The van der Waals surface area contributed by atoms with Gasteiger partial charge in [0.2, 0.25) is 0 Å². The summed E-state index contributed by atoms with van der Waals surface area (Å²) in [5.41, 5.74) is 7.72. The molecule has 4 nitrogen and oxygen atoms in total. The standard InChI is InChI=1S/C10H15N3O/c1-12-7-8-3-5-9(6-4-8)10(11)13-14-2/h3-6,12H,7H2,1-2H3,(H2,11,13). The molecular weight excluding hydrogens is 178 g/mol. The van der Waals surface area contributed by atoms with Crippen LogP contribution >= 0.6 is 0 Å². The molecule has 0 heterocycles. The van der Waals surface area contributed by atoms with Crippen molar-refractivity contribution in [1.82, 2.24) is 5.32 Å². The molecule has 0 aromatic heterocycles. The topological polar surface area (TPSA) is 59.6 Å². The van der Waals surface area contributed by atoms with E-state index in [0.717, 1.165) is 12.1 Å². The van der Waals surface area contributed by atoms with Crippen LogP contribution in [0, 0.1) is 0 Å². The van der Waals surface area contributed by atoms with Crippen LogP contribution in [0.3, 0.4) is 0 Å². The fourth-order valence-corrected chi connectivity index (χ4v) is 1.15. The van der Waals surface area contributed by atoms with Crippen molar-refractivity contribution in [3.63, 3.8) is 0 Å². The van der Waals surface area contributed by atoms with Gasteiger partial charge in [-0.2, -0.15) is 0 Å². The molecule has 0 aliphatic carbocycles. The number of amidine groups is 1. The first kappa shape index (κ1) is 10.5. The van der Waals surface area contributed by atoms with E-state index in [4.69, 9.17) is 5.73 Å². The van der Waals surface area contributed by atoms with E-state index < -0.39 is 0 Å². The molecule has 0 amide bonds. The minimum atomic E-state index is 0.392. The van der Waals surface area contributed by atoms with Crippen LogP contribution in [-0.4, -0.2) is 20.0 Å². The van der Waals surface area contributed by atoms with E-state index in [0.29, 0.717) is 5.84 Å². The second kappa shape index (κ2) is 5.24. The molecule has 14 heavy (non-hydrogen) atoms. The zero-order chi connectivity index (χ0) is 10.4. The maximum absolute atomic E-state index is 5.64. The maximum atomic E-state index is 5.64. The number of nitrogens with zero attached hydrogens (tertiary/aromatic N) is 1. The largest absolute Gasteiger partial charge is 0.397 e. The molecule has 0 saturated heterocycles. The van der Waals surface area contributed by atoms with E-state index in [-0.39, 0.29) is 0 Å². The van der Waals surface area contributed by atoms with Crippen LogP contribution in [0.25, 0.3) is 0 Å². The Morgan fingerprint density at radius 1 is 1.43 bits per heavy atom. The number of hydrogen-bond acceptors (Lipinski definition) is 3. The maximum Gasteiger partial charge on any atom is 0.170 e. The van der Waals surface area contributed by atoms with Gasteiger partial charge in [-0.3, -0.25) is 0 Å². The van der Waals surface area contributed by atoms with Gasteiger partial charge < -0.3 is 15.9 Å². The molecule has 0 spiro atoms.